The van der Waals surface area contributed by atoms with E-state index in [9.17, 15) is 4.79 Å². The summed E-state index contributed by atoms with van der Waals surface area (Å²) in [4.78, 5) is 20.2. The van der Waals surface area contributed by atoms with E-state index in [1.54, 1.807) is 0 Å². The summed E-state index contributed by atoms with van der Waals surface area (Å²) in [6.07, 6.45) is 1.45. The van der Waals surface area contributed by atoms with Gasteiger partial charge in [0.25, 0.3) is 5.91 Å². The smallest absolute Gasteiger partial charge is 0.271 e. The Hall–Kier alpha value is -2.05. The van der Waals surface area contributed by atoms with Crippen LogP contribution in [0.15, 0.2) is 30.5 Å². The van der Waals surface area contributed by atoms with Crippen LogP contribution in [0.5, 0.6) is 0 Å². The molecule has 0 atom stereocenters. The highest BCUT2D eigenvalue weighted by atomic mass is 16.5. The standard InChI is InChI=1S/C13H15N3O3/c17-6-8-19-7-5-14-13(18)12-9-15-10-3-1-2-4-11(10)16-12/h1-4,9,17H,5-8H2,(H,14,18). The third-order valence-electron chi connectivity index (χ3n) is 2.45. The molecule has 0 bridgehead atoms. The number of aliphatic hydroxyl groups is 1. The molecular formula is C13H15N3O3. The van der Waals surface area contributed by atoms with Gasteiger partial charge in [-0.15, -0.1) is 0 Å². The highest BCUT2D eigenvalue weighted by molar-refractivity contribution is 5.93. The number of aliphatic hydroxyl groups excluding tert-OH is 1. The molecular weight excluding hydrogens is 246 g/mol. The summed E-state index contributed by atoms with van der Waals surface area (Å²) in [5, 5.41) is 11.2. The molecule has 0 unspecified atom stereocenters. The number of carbonyl (C=O) groups is 1. The van der Waals surface area contributed by atoms with Crippen molar-refractivity contribution in [2.24, 2.45) is 0 Å². The third-order valence-corrected chi connectivity index (χ3v) is 2.45. The zero-order chi connectivity index (χ0) is 13.5. The summed E-state index contributed by atoms with van der Waals surface area (Å²) in [5.74, 6) is -0.286. The molecule has 19 heavy (non-hydrogen) atoms. The summed E-state index contributed by atoms with van der Waals surface area (Å²) >= 11 is 0. The third kappa shape index (κ3) is 3.70. The minimum atomic E-state index is -0.286. The van der Waals surface area contributed by atoms with Crippen molar-refractivity contribution in [3.05, 3.63) is 36.2 Å². The molecule has 6 nitrogen and oxygen atoms in total. The largest absolute Gasteiger partial charge is 0.394 e. The van der Waals surface area contributed by atoms with Crippen molar-refractivity contribution in [1.82, 2.24) is 15.3 Å². The van der Waals surface area contributed by atoms with Crippen LogP contribution >= 0.6 is 0 Å². The van der Waals surface area contributed by atoms with E-state index in [1.165, 1.54) is 6.20 Å². The quantitative estimate of drug-likeness (QED) is 0.734. The maximum absolute atomic E-state index is 11.8. The van der Waals surface area contributed by atoms with Gasteiger partial charge in [0.2, 0.25) is 0 Å². The van der Waals surface area contributed by atoms with Crippen molar-refractivity contribution < 1.29 is 14.6 Å². The number of benzene rings is 1. The Balaban J connectivity index is 1.93. The van der Waals surface area contributed by atoms with Crippen LogP contribution in [0.1, 0.15) is 10.5 Å². The van der Waals surface area contributed by atoms with Crippen LogP contribution in [0.25, 0.3) is 11.0 Å². The van der Waals surface area contributed by atoms with Gasteiger partial charge in [-0.2, -0.15) is 0 Å². The van der Waals surface area contributed by atoms with E-state index in [4.69, 9.17) is 9.84 Å². The van der Waals surface area contributed by atoms with Gasteiger partial charge in [0, 0.05) is 6.54 Å². The van der Waals surface area contributed by atoms with Gasteiger partial charge in [-0.1, -0.05) is 12.1 Å². The molecule has 2 N–H and O–H groups in total. The molecule has 0 fully saturated rings. The number of hydrogen-bond acceptors (Lipinski definition) is 5. The first-order chi connectivity index (χ1) is 9.31. The molecule has 1 heterocycles. The minimum absolute atomic E-state index is 0.0237. The molecule has 0 aliphatic carbocycles. The first kappa shape index (κ1) is 13.4. The molecule has 0 aliphatic rings. The van der Waals surface area contributed by atoms with E-state index >= 15 is 0 Å². The number of nitrogens with zero attached hydrogens (tertiary/aromatic N) is 2. The van der Waals surface area contributed by atoms with E-state index < -0.39 is 0 Å². The molecule has 2 aromatic rings. The topological polar surface area (TPSA) is 84.3 Å². The maximum Gasteiger partial charge on any atom is 0.271 e. The zero-order valence-electron chi connectivity index (χ0n) is 10.4. The first-order valence-corrected chi connectivity index (χ1v) is 6.00. The Labute approximate surface area is 110 Å². The van der Waals surface area contributed by atoms with Crippen LogP contribution < -0.4 is 5.32 Å². The molecule has 1 aromatic heterocycles. The fourth-order valence-electron chi connectivity index (χ4n) is 1.56. The fraction of sp³-hybridized carbons (Fsp3) is 0.308. The Morgan fingerprint density at radius 1 is 1.26 bits per heavy atom. The Morgan fingerprint density at radius 3 is 2.84 bits per heavy atom. The fourth-order valence-corrected chi connectivity index (χ4v) is 1.56. The second-order valence-electron chi connectivity index (χ2n) is 3.84. The number of para-hydroxylation sites is 2. The van der Waals surface area contributed by atoms with Crippen molar-refractivity contribution in [2.75, 3.05) is 26.4 Å². The molecule has 2 rings (SSSR count). The van der Waals surface area contributed by atoms with E-state index in [1.807, 2.05) is 24.3 Å². The molecule has 100 valence electrons. The summed E-state index contributed by atoms with van der Waals surface area (Å²) < 4.78 is 5.04. The van der Waals surface area contributed by atoms with Crippen LogP contribution in [-0.4, -0.2) is 47.3 Å². The number of aromatic nitrogens is 2. The predicted molar refractivity (Wildman–Crippen MR) is 69.8 cm³/mol. The van der Waals surface area contributed by atoms with E-state index in [2.05, 4.69) is 15.3 Å². The van der Waals surface area contributed by atoms with Gasteiger partial charge in [-0.05, 0) is 12.1 Å². The van der Waals surface area contributed by atoms with Crippen molar-refractivity contribution in [3.63, 3.8) is 0 Å². The van der Waals surface area contributed by atoms with Crippen LogP contribution in [0.2, 0.25) is 0 Å². The first-order valence-electron chi connectivity index (χ1n) is 6.00. The van der Waals surface area contributed by atoms with Gasteiger partial charge < -0.3 is 15.2 Å². The Kier molecular flexibility index (Phi) is 4.77. The predicted octanol–water partition coefficient (Wildman–Crippen LogP) is 0.368. The van der Waals surface area contributed by atoms with Gasteiger partial charge in [0.05, 0.1) is 37.1 Å². The number of fused-ring (bicyclic) bond motifs is 1. The summed E-state index contributed by atoms with van der Waals surface area (Å²) in [6.45, 7) is 0.969. The second kappa shape index (κ2) is 6.77. The van der Waals surface area contributed by atoms with Crippen molar-refractivity contribution >= 4 is 16.9 Å². The van der Waals surface area contributed by atoms with Gasteiger partial charge >= 0.3 is 0 Å². The van der Waals surface area contributed by atoms with Crippen molar-refractivity contribution in [3.8, 4) is 0 Å². The van der Waals surface area contributed by atoms with Gasteiger partial charge in [0.15, 0.2) is 0 Å². The lowest BCUT2D eigenvalue weighted by Crippen LogP contribution is -2.28. The molecule has 0 spiro atoms. The number of carbonyl (C=O) groups excluding carboxylic acids is 1. The summed E-state index contributed by atoms with van der Waals surface area (Å²) in [5.41, 5.74) is 1.72. The van der Waals surface area contributed by atoms with Crippen LogP contribution in [0, 0.1) is 0 Å². The number of ether oxygens (including phenoxy) is 1. The second-order valence-corrected chi connectivity index (χ2v) is 3.84. The molecule has 6 heteroatoms. The van der Waals surface area contributed by atoms with Crippen LogP contribution in [-0.2, 0) is 4.74 Å². The van der Waals surface area contributed by atoms with Gasteiger partial charge in [0.1, 0.15) is 5.69 Å². The number of rotatable bonds is 6. The maximum atomic E-state index is 11.8. The lowest BCUT2D eigenvalue weighted by molar-refractivity contribution is 0.0835. The molecule has 0 radical (unpaired) electrons. The molecule has 0 saturated carbocycles. The highest BCUT2D eigenvalue weighted by Gasteiger charge is 2.08. The SMILES string of the molecule is O=C(NCCOCCO)c1cnc2ccccc2n1. The lowest BCUT2D eigenvalue weighted by atomic mass is 10.3. The molecule has 0 aliphatic heterocycles. The number of amides is 1. The van der Waals surface area contributed by atoms with Gasteiger partial charge in [-0.25, -0.2) is 4.98 Å². The normalized spacial score (nSPS) is 10.6. The minimum Gasteiger partial charge on any atom is -0.394 e. The summed E-state index contributed by atoms with van der Waals surface area (Å²) in [6, 6.07) is 7.37. The molecule has 0 saturated heterocycles. The van der Waals surface area contributed by atoms with E-state index in [-0.39, 0.29) is 24.8 Å². The Morgan fingerprint density at radius 2 is 2.05 bits per heavy atom. The van der Waals surface area contributed by atoms with Gasteiger partial charge in [-0.3, -0.25) is 9.78 Å². The zero-order valence-corrected chi connectivity index (χ0v) is 10.4. The summed E-state index contributed by atoms with van der Waals surface area (Å²) in [7, 11) is 0. The van der Waals surface area contributed by atoms with Crippen LogP contribution in [0.4, 0.5) is 0 Å². The van der Waals surface area contributed by atoms with Crippen LogP contribution in [0.3, 0.4) is 0 Å². The lowest BCUT2D eigenvalue weighted by Gasteiger charge is -2.05. The van der Waals surface area contributed by atoms with E-state index in [0.717, 1.165) is 5.52 Å². The monoisotopic (exact) mass is 261 g/mol. The Bertz CT molecular complexity index is 560. The number of nitrogens with one attached hydrogen (secondary N) is 1. The van der Waals surface area contributed by atoms with E-state index in [0.29, 0.717) is 18.7 Å². The van der Waals surface area contributed by atoms with Crippen molar-refractivity contribution in [2.45, 2.75) is 0 Å². The average Bonchev–Trinajstić information content (AvgIpc) is 2.46. The molecule has 1 amide bonds. The highest BCUT2D eigenvalue weighted by Crippen LogP contribution is 2.08. The molecule has 1 aromatic carbocycles. The average molecular weight is 261 g/mol. The number of hydrogen-bond donors (Lipinski definition) is 2. The van der Waals surface area contributed by atoms with Crippen molar-refractivity contribution in [1.29, 1.82) is 0 Å².